The smallest absolute Gasteiger partial charge is 0.0630 e. The Morgan fingerprint density at radius 2 is 2.31 bits per heavy atom. The van der Waals surface area contributed by atoms with Gasteiger partial charge in [-0.15, -0.1) is 0 Å². The van der Waals surface area contributed by atoms with Crippen LogP contribution in [-0.2, 0) is 0 Å². The molecule has 0 amide bonds. The van der Waals surface area contributed by atoms with Crippen LogP contribution < -0.4 is 5.32 Å². The molecule has 3 heteroatoms. The summed E-state index contributed by atoms with van der Waals surface area (Å²) in [6.07, 6.45) is 9.22. The van der Waals surface area contributed by atoms with Gasteiger partial charge < -0.3 is 5.32 Å². The van der Waals surface area contributed by atoms with Gasteiger partial charge in [0.15, 0.2) is 0 Å². The van der Waals surface area contributed by atoms with Crippen molar-refractivity contribution in [2.75, 3.05) is 13.1 Å². The van der Waals surface area contributed by atoms with Crippen molar-refractivity contribution >= 4 is 0 Å². The van der Waals surface area contributed by atoms with Crippen LogP contribution in [0.15, 0.2) is 18.6 Å². The van der Waals surface area contributed by atoms with E-state index in [-0.39, 0.29) is 0 Å². The third-order valence-electron chi connectivity index (χ3n) is 2.55. The molecular weight excluding hydrogens is 162 g/mol. The van der Waals surface area contributed by atoms with Gasteiger partial charge in [-0.3, -0.25) is 9.97 Å². The summed E-state index contributed by atoms with van der Waals surface area (Å²) < 4.78 is 0. The zero-order valence-corrected chi connectivity index (χ0v) is 7.74. The molecule has 0 saturated carbocycles. The van der Waals surface area contributed by atoms with Gasteiger partial charge in [0.05, 0.1) is 5.69 Å². The Bertz CT molecular complexity index is 240. The maximum absolute atomic E-state index is 4.34. The minimum absolute atomic E-state index is 0.566. The Morgan fingerprint density at radius 1 is 1.31 bits per heavy atom. The van der Waals surface area contributed by atoms with Gasteiger partial charge in [-0.25, -0.2) is 0 Å². The van der Waals surface area contributed by atoms with Crippen LogP contribution in [0.25, 0.3) is 0 Å². The molecule has 0 bridgehead atoms. The molecule has 0 spiro atoms. The first-order chi connectivity index (χ1) is 6.47. The second kappa shape index (κ2) is 4.33. The Balaban J connectivity index is 2.06. The lowest BCUT2D eigenvalue weighted by molar-refractivity contribution is 0.592. The van der Waals surface area contributed by atoms with Crippen LogP contribution in [0.5, 0.6) is 0 Å². The van der Waals surface area contributed by atoms with E-state index < -0.39 is 0 Å². The van der Waals surface area contributed by atoms with E-state index in [9.17, 15) is 0 Å². The van der Waals surface area contributed by atoms with Gasteiger partial charge in [-0.2, -0.15) is 0 Å². The van der Waals surface area contributed by atoms with Gasteiger partial charge in [-0.1, -0.05) is 6.42 Å². The van der Waals surface area contributed by atoms with E-state index in [4.69, 9.17) is 0 Å². The molecule has 2 heterocycles. The Morgan fingerprint density at radius 3 is 3.15 bits per heavy atom. The maximum Gasteiger partial charge on any atom is 0.0630 e. The first kappa shape index (κ1) is 8.63. The molecule has 0 unspecified atom stereocenters. The number of nitrogens with one attached hydrogen (secondary N) is 1. The normalized spacial score (nSPS) is 23.8. The topological polar surface area (TPSA) is 37.8 Å². The average molecular weight is 177 g/mol. The monoisotopic (exact) mass is 177 g/mol. The van der Waals surface area contributed by atoms with E-state index in [1.54, 1.807) is 12.4 Å². The molecule has 1 atom stereocenters. The highest BCUT2D eigenvalue weighted by Crippen LogP contribution is 2.20. The second-order valence-corrected chi connectivity index (χ2v) is 3.53. The summed E-state index contributed by atoms with van der Waals surface area (Å²) in [5.74, 6) is 0.566. The largest absolute Gasteiger partial charge is 0.316 e. The first-order valence-corrected chi connectivity index (χ1v) is 4.93. The van der Waals surface area contributed by atoms with Gasteiger partial charge in [0.2, 0.25) is 0 Å². The minimum Gasteiger partial charge on any atom is -0.316 e. The quantitative estimate of drug-likeness (QED) is 0.703. The van der Waals surface area contributed by atoms with E-state index in [0.717, 1.165) is 18.8 Å². The Labute approximate surface area is 78.6 Å². The van der Waals surface area contributed by atoms with Crippen molar-refractivity contribution in [2.45, 2.75) is 25.2 Å². The molecule has 0 radical (unpaired) electrons. The van der Waals surface area contributed by atoms with Crippen LogP contribution >= 0.6 is 0 Å². The van der Waals surface area contributed by atoms with Crippen LogP contribution in [0.2, 0.25) is 0 Å². The standard InChI is InChI=1S/C10H15N3/c1-2-4-11-7-9(3-1)10-8-12-5-6-13-10/h5-6,8-9,11H,1-4,7H2/t9-/m1/s1. The lowest BCUT2D eigenvalue weighted by Gasteiger charge is -2.12. The Hall–Kier alpha value is -0.960. The van der Waals surface area contributed by atoms with Gasteiger partial charge in [-0.05, 0) is 19.4 Å². The molecule has 2 rings (SSSR count). The molecule has 1 aliphatic rings. The molecule has 0 aliphatic carbocycles. The third-order valence-corrected chi connectivity index (χ3v) is 2.55. The number of nitrogens with zero attached hydrogens (tertiary/aromatic N) is 2. The van der Waals surface area contributed by atoms with Crippen molar-refractivity contribution in [1.82, 2.24) is 15.3 Å². The molecule has 1 saturated heterocycles. The van der Waals surface area contributed by atoms with Crippen LogP contribution in [0.4, 0.5) is 0 Å². The van der Waals surface area contributed by atoms with E-state index >= 15 is 0 Å². The summed E-state index contributed by atoms with van der Waals surface area (Å²) in [5, 5.41) is 3.43. The number of hydrogen-bond donors (Lipinski definition) is 1. The summed E-state index contributed by atoms with van der Waals surface area (Å²) in [6, 6.07) is 0. The minimum atomic E-state index is 0.566. The van der Waals surface area contributed by atoms with E-state index in [0.29, 0.717) is 5.92 Å². The summed E-state index contributed by atoms with van der Waals surface area (Å²) in [6.45, 7) is 2.20. The highest BCUT2D eigenvalue weighted by atomic mass is 14.9. The van der Waals surface area contributed by atoms with Crippen molar-refractivity contribution in [3.05, 3.63) is 24.3 Å². The second-order valence-electron chi connectivity index (χ2n) is 3.53. The summed E-state index contributed by atoms with van der Waals surface area (Å²) in [5.41, 5.74) is 1.14. The molecule has 13 heavy (non-hydrogen) atoms. The van der Waals surface area contributed by atoms with Crippen LogP contribution in [0.3, 0.4) is 0 Å². The molecule has 1 fully saturated rings. The van der Waals surface area contributed by atoms with Gasteiger partial charge in [0, 0.05) is 31.1 Å². The summed E-state index contributed by atoms with van der Waals surface area (Å²) >= 11 is 0. The molecule has 1 aromatic heterocycles. The molecular formula is C10H15N3. The van der Waals surface area contributed by atoms with Gasteiger partial charge >= 0.3 is 0 Å². The van der Waals surface area contributed by atoms with Gasteiger partial charge in [0.1, 0.15) is 0 Å². The van der Waals surface area contributed by atoms with E-state index in [2.05, 4.69) is 15.3 Å². The van der Waals surface area contributed by atoms with E-state index in [1.807, 2.05) is 6.20 Å². The van der Waals surface area contributed by atoms with Crippen LogP contribution in [-0.4, -0.2) is 23.1 Å². The van der Waals surface area contributed by atoms with Gasteiger partial charge in [0.25, 0.3) is 0 Å². The van der Waals surface area contributed by atoms with Crippen LogP contribution in [0, 0.1) is 0 Å². The summed E-state index contributed by atoms with van der Waals surface area (Å²) in [4.78, 5) is 8.44. The lowest BCUT2D eigenvalue weighted by atomic mass is 10.0. The number of aromatic nitrogens is 2. The van der Waals surface area contributed by atoms with Crippen molar-refractivity contribution < 1.29 is 0 Å². The average Bonchev–Trinajstić information content (AvgIpc) is 2.47. The number of rotatable bonds is 1. The number of hydrogen-bond acceptors (Lipinski definition) is 3. The zero-order chi connectivity index (χ0) is 8.93. The first-order valence-electron chi connectivity index (χ1n) is 4.93. The summed E-state index contributed by atoms with van der Waals surface area (Å²) in [7, 11) is 0. The molecule has 1 aromatic rings. The SMILES string of the molecule is c1cnc([C@@H]2CCCCNC2)cn1. The van der Waals surface area contributed by atoms with Crippen molar-refractivity contribution in [2.24, 2.45) is 0 Å². The predicted molar refractivity (Wildman–Crippen MR) is 51.5 cm³/mol. The molecule has 0 aromatic carbocycles. The van der Waals surface area contributed by atoms with E-state index in [1.165, 1.54) is 19.3 Å². The zero-order valence-electron chi connectivity index (χ0n) is 7.74. The molecule has 3 nitrogen and oxygen atoms in total. The fourth-order valence-corrected chi connectivity index (χ4v) is 1.79. The fourth-order valence-electron chi connectivity index (χ4n) is 1.79. The lowest BCUT2D eigenvalue weighted by Crippen LogP contribution is -2.19. The molecule has 70 valence electrons. The van der Waals surface area contributed by atoms with Crippen molar-refractivity contribution in [3.8, 4) is 0 Å². The molecule has 1 N–H and O–H groups in total. The van der Waals surface area contributed by atoms with Crippen molar-refractivity contribution in [1.29, 1.82) is 0 Å². The predicted octanol–water partition coefficient (Wildman–Crippen LogP) is 1.33. The maximum atomic E-state index is 4.34. The fraction of sp³-hybridized carbons (Fsp3) is 0.600. The highest BCUT2D eigenvalue weighted by molar-refractivity contribution is 5.04. The van der Waals surface area contributed by atoms with Crippen LogP contribution in [0.1, 0.15) is 30.9 Å². The van der Waals surface area contributed by atoms with Crippen molar-refractivity contribution in [3.63, 3.8) is 0 Å². The molecule has 1 aliphatic heterocycles. The third kappa shape index (κ3) is 2.25. The Kier molecular flexibility index (Phi) is 2.87. The highest BCUT2D eigenvalue weighted by Gasteiger charge is 2.14.